The zero-order valence-corrected chi connectivity index (χ0v) is 14.7. The van der Waals surface area contributed by atoms with Crippen LogP contribution in [-0.4, -0.2) is 40.7 Å². The molecule has 0 bridgehead atoms. The number of ether oxygens (including phenoxy) is 1. The van der Waals surface area contributed by atoms with Crippen molar-refractivity contribution in [3.63, 3.8) is 0 Å². The Morgan fingerprint density at radius 2 is 2.07 bits per heavy atom. The molecule has 2 aromatic heterocycles. The van der Waals surface area contributed by atoms with Gasteiger partial charge in [0.25, 0.3) is 5.91 Å². The lowest BCUT2D eigenvalue weighted by Gasteiger charge is -2.33. The Morgan fingerprint density at radius 3 is 2.93 bits per heavy atom. The SMILES string of the molecule is Cc1c(C(=O)N2CCOC[C@@H]2c2ncon2)oc2c1ccc1ccccc12. The summed E-state index contributed by atoms with van der Waals surface area (Å²) < 4.78 is 16.5. The smallest absolute Gasteiger partial charge is 0.290 e. The van der Waals surface area contributed by atoms with E-state index in [0.717, 1.165) is 27.3 Å². The Kier molecular flexibility index (Phi) is 3.68. The highest BCUT2D eigenvalue weighted by Crippen LogP contribution is 2.33. The van der Waals surface area contributed by atoms with Gasteiger partial charge in [-0.25, -0.2) is 0 Å². The molecule has 1 aliphatic rings. The lowest BCUT2D eigenvalue weighted by Crippen LogP contribution is -2.43. The highest BCUT2D eigenvalue weighted by atomic mass is 16.5. The lowest BCUT2D eigenvalue weighted by molar-refractivity contribution is -0.00723. The minimum atomic E-state index is -0.394. The molecule has 0 N–H and O–H groups in total. The van der Waals surface area contributed by atoms with E-state index in [-0.39, 0.29) is 5.91 Å². The number of nitrogens with zero attached hydrogens (tertiary/aromatic N) is 3. The van der Waals surface area contributed by atoms with Crippen molar-refractivity contribution in [1.29, 1.82) is 0 Å². The van der Waals surface area contributed by atoms with E-state index < -0.39 is 6.04 Å². The topological polar surface area (TPSA) is 81.6 Å². The number of hydrogen-bond donors (Lipinski definition) is 0. The van der Waals surface area contributed by atoms with Crippen molar-refractivity contribution >= 4 is 27.6 Å². The molecule has 1 atom stereocenters. The molecule has 27 heavy (non-hydrogen) atoms. The fourth-order valence-electron chi connectivity index (χ4n) is 3.67. The third-order valence-electron chi connectivity index (χ3n) is 5.09. The number of rotatable bonds is 2. The molecule has 1 aliphatic heterocycles. The van der Waals surface area contributed by atoms with Crippen LogP contribution in [0.5, 0.6) is 0 Å². The number of benzene rings is 2. The second kappa shape index (κ2) is 6.21. The van der Waals surface area contributed by atoms with Gasteiger partial charge < -0.3 is 18.6 Å². The number of morpholine rings is 1. The van der Waals surface area contributed by atoms with Crippen LogP contribution < -0.4 is 0 Å². The Hall–Kier alpha value is -3.19. The number of aryl methyl sites for hydroxylation is 1. The molecular weight excluding hydrogens is 346 g/mol. The van der Waals surface area contributed by atoms with Crippen LogP contribution in [0.4, 0.5) is 0 Å². The number of hydrogen-bond acceptors (Lipinski definition) is 6. The van der Waals surface area contributed by atoms with Crippen molar-refractivity contribution in [2.45, 2.75) is 13.0 Å². The minimum absolute atomic E-state index is 0.189. The standard InChI is InChI=1S/C20H17N3O4/c1-12-14-7-6-13-4-2-3-5-15(13)18(14)27-17(12)20(24)23-8-9-25-10-16(23)19-21-11-26-22-19/h2-7,11,16H,8-10H2,1H3/t16-/m1/s1. The number of fused-ring (bicyclic) bond motifs is 3. The third-order valence-corrected chi connectivity index (χ3v) is 5.09. The zero-order chi connectivity index (χ0) is 18.4. The van der Waals surface area contributed by atoms with Crippen LogP contribution in [0.3, 0.4) is 0 Å². The highest BCUT2D eigenvalue weighted by Gasteiger charge is 2.34. The molecule has 136 valence electrons. The number of aromatic nitrogens is 2. The average molecular weight is 363 g/mol. The molecule has 0 aliphatic carbocycles. The monoisotopic (exact) mass is 363 g/mol. The summed E-state index contributed by atoms with van der Waals surface area (Å²) in [7, 11) is 0. The van der Waals surface area contributed by atoms with Crippen molar-refractivity contribution in [1.82, 2.24) is 15.0 Å². The van der Waals surface area contributed by atoms with Crippen molar-refractivity contribution < 1.29 is 18.5 Å². The third kappa shape index (κ3) is 2.50. The molecule has 0 saturated carbocycles. The van der Waals surface area contributed by atoms with Gasteiger partial charge in [0.2, 0.25) is 6.39 Å². The predicted octanol–water partition coefficient (Wildman–Crippen LogP) is 3.49. The van der Waals surface area contributed by atoms with Crippen molar-refractivity contribution in [3.05, 3.63) is 59.9 Å². The maximum Gasteiger partial charge on any atom is 0.290 e. The van der Waals surface area contributed by atoms with E-state index in [1.807, 2.05) is 43.3 Å². The number of furan rings is 1. The van der Waals surface area contributed by atoms with Crippen LogP contribution in [0, 0.1) is 6.92 Å². The first-order chi connectivity index (χ1) is 13.2. The van der Waals surface area contributed by atoms with E-state index >= 15 is 0 Å². The van der Waals surface area contributed by atoms with E-state index in [1.165, 1.54) is 6.39 Å². The Balaban J connectivity index is 1.61. The van der Waals surface area contributed by atoms with E-state index in [2.05, 4.69) is 10.1 Å². The highest BCUT2D eigenvalue weighted by molar-refractivity contribution is 6.08. The fraction of sp³-hybridized carbons (Fsp3) is 0.250. The molecule has 0 radical (unpaired) electrons. The molecule has 3 heterocycles. The maximum absolute atomic E-state index is 13.3. The van der Waals surface area contributed by atoms with Gasteiger partial charge >= 0.3 is 0 Å². The van der Waals surface area contributed by atoms with Crippen LogP contribution in [0.2, 0.25) is 0 Å². The van der Waals surface area contributed by atoms with E-state index in [1.54, 1.807) is 4.90 Å². The summed E-state index contributed by atoms with van der Waals surface area (Å²) in [6.07, 6.45) is 1.26. The average Bonchev–Trinajstić information content (AvgIpc) is 3.36. The van der Waals surface area contributed by atoms with Gasteiger partial charge in [-0.1, -0.05) is 41.6 Å². The molecule has 1 saturated heterocycles. The van der Waals surface area contributed by atoms with Gasteiger partial charge in [-0.3, -0.25) is 4.79 Å². The first kappa shape index (κ1) is 16.0. The van der Waals surface area contributed by atoms with Gasteiger partial charge in [0.15, 0.2) is 11.6 Å². The van der Waals surface area contributed by atoms with Crippen LogP contribution in [0.25, 0.3) is 21.7 Å². The molecule has 1 amide bonds. The van der Waals surface area contributed by atoms with Crippen LogP contribution in [0.1, 0.15) is 28.0 Å². The minimum Gasteiger partial charge on any atom is -0.450 e. The molecule has 0 spiro atoms. The Labute approximate surface area is 154 Å². The molecule has 5 rings (SSSR count). The fourth-order valence-corrected chi connectivity index (χ4v) is 3.67. The van der Waals surface area contributed by atoms with E-state index in [4.69, 9.17) is 13.7 Å². The molecule has 0 unspecified atom stereocenters. The first-order valence-corrected chi connectivity index (χ1v) is 8.80. The predicted molar refractivity (Wildman–Crippen MR) is 97.4 cm³/mol. The summed E-state index contributed by atoms with van der Waals surface area (Å²) in [5.74, 6) is 0.588. The van der Waals surface area contributed by atoms with Gasteiger partial charge in [-0.2, -0.15) is 4.98 Å². The van der Waals surface area contributed by atoms with Crippen LogP contribution in [-0.2, 0) is 4.74 Å². The summed E-state index contributed by atoms with van der Waals surface area (Å²) in [6, 6.07) is 11.6. The van der Waals surface area contributed by atoms with Crippen LogP contribution >= 0.6 is 0 Å². The molecule has 7 nitrogen and oxygen atoms in total. The first-order valence-electron chi connectivity index (χ1n) is 8.80. The van der Waals surface area contributed by atoms with Crippen LogP contribution in [0.15, 0.2) is 51.7 Å². The summed E-state index contributed by atoms with van der Waals surface area (Å²) >= 11 is 0. The quantitative estimate of drug-likeness (QED) is 0.542. The van der Waals surface area contributed by atoms with Gasteiger partial charge in [-0.15, -0.1) is 0 Å². The summed E-state index contributed by atoms with van der Waals surface area (Å²) in [5, 5.41) is 6.90. The summed E-state index contributed by atoms with van der Waals surface area (Å²) in [6.45, 7) is 3.14. The number of carbonyl (C=O) groups excluding carboxylic acids is 1. The molecular formula is C20H17N3O4. The van der Waals surface area contributed by atoms with Gasteiger partial charge in [-0.05, 0) is 12.3 Å². The second-order valence-electron chi connectivity index (χ2n) is 6.60. The van der Waals surface area contributed by atoms with Gasteiger partial charge in [0.05, 0.1) is 13.2 Å². The lowest BCUT2D eigenvalue weighted by atomic mass is 10.1. The normalized spacial score (nSPS) is 17.7. The van der Waals surface area contributed by atoms with E-state index in [9.17, 15) is 4.79 Å². The largest absolute Gasteiger partial charge is 0.450 e. The van der Waals surface area contributed by atoms with Gasteiger partial charge in [0, 0.05) is 22.9 Å². The molecule has 1 fully saturated rings. The Morgan fingerprint density at radius 1 is 1.19 bits per heavy atom. The molecule has 4 aromatic rings. The zero-order valence-electron chi connectivity index (χ0n) is 14.7. The van der Waals surface area contributed by atoms with Gasteiger partial charge in [0.1, 0.15) is 11.6 Å². The van der Waals surface area contributed by atoms with Crippen molar-refractivity contribution in [3.8, 4) is 0 Å². The summed E-state index contributed by atoms with van der Waals surface area (Å²) in [5.41, 5.74) is 1.57. The second-order valence-corrected chi connectivity index (χ2v) is 6.60. The maximum atomic E-state index is 13.3. The van der Waals surface area contributed by atoms with Crippen molar-refractivity contribution in [2.24, 2.45) is 0 Å². The number of carbonyl (C=O) groups is 1. The molecule has 2 aromatic carbocycles. The van der Waals surface area contributed by atoms with E-state index in [0.29, 0.717) is 31.3 Å². The Bertz CT molecular complexity index is 1130. The molecule has 7 heteroatoms. The number of amides is 1. The summed E-state index contributed by atoms with van der Waals surface area (Å²) in [4.78, 5) is 19.1. The van der Waals surface area contributed by atoms with Crippen molar-refractivity contribution in [2.75, 3.05) is 19.8 Å².